The maximum Gasteiger partial charge on any atom is 0.435 e. The van der Waals surface area contributed by atoms with Crippen molar-refractivity contribution in [2.75, 3.05) is 18.5 Å². The van der Waals surface area contributed by atoms with Crippen molar-refractivity contribution in [3.8, 4) is 10.6 Å². The Morgan fingerprint density at radius 1 is 1.15 bits per heavy atom. The SMILES string of the molecule is CCn1cc(/C(=N/Nc2nc3ccccc3s2)C(F)(F)F)c2cc(-c3nc(CN4CCC(O)CC4)cs3)ccc21. The molecule has 40 heavy (non-hydrogen) atoms. The molecule has 2 aromatic carbocycles. The van der Waals surface area contributed by atoms with E-state index in [4.69, 9.17) is 4.98 Å². The minimum atomic E-state index is -4.69. The lowest BCUT2D eigenvalue weighted by Crippen LogP contribution is -2.35. The van der Waals surface area contributed by atoms with Crippen LogP contribution in [0.1, 0.15) is 31.0 Å². The molecule has 4 heterocycles. The molecule has 12 heteroatoms. The van der Waals surface area contributed by atoms with E-state index in [1.165, 1.54) is 28.9 Å². The fourth-order valence-corrected chi connectivity index (χ4v) is 6.62. The lowest BCUT2D eigenvalue weighted by atomic mass is 10.1. The largest absolute Gasteiger partial charge is 0.435 e. The molecule has 0 radical (unpaired) electrons. The molecule has 0 saturated carbocycles. The molecule has 7 nitrogen and oxygen atoms in total. The molecular weight excluding hydrogens is 557 g/mol. The van der Waals surface area contributed by atoms with Crippen LogP contribution in [-0.2, 0) is 13.1 Å². The molecule has 0 amide bonds. The van der Waals surface area contributed by atoms with Gasteiger partial charge in [-0.05, 0) is 50.1 Å². The number of benzene rings is 2. The molecule has 208 valence electrons. The smallest absolute Gasteiger partial charge is 0.393 e. The average Bonchev–Trinajstić information content (AvgIpc) is 3.66. The first-order chi connectivity index (χ1) is 19.3. The Bertz CT molecular complexity index is 1650. The molecule has 1 aliphatic heterocycles. The maximum absolute atomic E-state index is 14.4. The van der Waals surface area contributed by atoms with Crippen molar-refractivity contribution >= 4 is 54.6 Å². The highest BCUT2D eigenvalue weighted by Gasteiger charge is 2.39. The van der Waals surface area contributed by atoms with Crippen molar-refractivity contribution < 1.29 is 18.3 Å². The Kier molecular flexibility index (Phi) is 7.34. The molecule has 1 fully saturated rings. The van der Waals surface area contributed by atoms with Gasteiger partial charge in [0.2, 0.25) is 5.13 Å². The Labute approximate surface area is 236 Å². The van der Waals surface area contributed by atoms with Gasteiger partial charge in [-0.15, -0.1) is 11.3 Å². The lowest BCUT2D eigenvalue weighted by Gasteiger charge is -2.28. The summed E-state index contributed by atoms with van der Waals surface area (Å²) in [5.74, 6) is 0. The molecular formula is C28H27F3N6OS2. The quantitative estimate of drug-likeness (QED) is 0.164. The van der Waals surface area contributed by atoms with E-state index in [0.29, 0.717) is 34.6 Å². The summed E-state index contributed by atoms with van der Waals surface area (Å²) in [5, 5.41) is 17.1. The number of aryl methyl sites for hydroxylation is 1. The predicted molar refractivity (Wildman–Crippen MR) is 155 cm³/mol. The monoisotopic (exact) mass is 584 g/mol. The normalized spacial score (nSPS) is 15.9. The van der Waals surface area contributed by atoms with Crippen LogP contribution in [0.3, 0.4) is 0 Å². The number of fused-ring (bicyclic) bond motifs is 2. The van der Waals surface area contributed by atoms with E-state index in [0.717, 1.165) is 46.9 Å². The van der Waals surface area contributed by atoms with Crippen LogP contribution in [0.5, 0.6) is 0 Å². The van der Waals surface area contributed by atoms with Gasteiger partial charge < -0.3 is 9.67 Å². The lowest BCUT2D eigenvalue weighted by molar-refractivity contribution is -0.0580. The number of hydrogen-bond donors (Lipinski definition) is 2. The fraction of sp³-hybridized carbons (Fsp3) is 0.321. The molecule has 0 spiro atoms. The summed E-state index contributed by atoms with van der Waals surface area (Å²) >= 11 is 2.72. The molecule has 1 saturated heterocycles. The number of likely N-dealkylation sites (tertiary alicyclic amines) is 1. The number of rotatable bonds is 7. The van der Waals surface area contributed by atoms with Crippen LogP contribution >= 0.6 is 22.7 Å². The molecule has 3 aromatic heterocycles. The van der Waals surface area contributed by atoms with Crippen LogP contribution < -0.4 is 5.43 Å². The van der Waals surface area contributed by atoms with Crippen molar-refractivity contribution in [3.63, 3.8) is 0 Å². The zero-order valence-electron chi connectivity index (χ0n) is 21.6. The van der Waals surface area contributed by atoms with Crippen LogP contribution in [0.4, 0.5) is 18.3 Å². The number of aliphatic hydroxyl groups is 1. The number of alkyl halides is 3. The van der Waals surface area contributed by atoms with E-state index in [9.17, 15) is 18.3 Å². The van der Waals surface area contributed by atoms with Gasteiger partial charge in [0.15, 0.2) is 5.71 Å². The van der Waals surface area contributed by atoms with Crippen molar-refractivity contribution in [1.82, 2.24) is 19.4 Å². The van der Waals surface area contributed by atoms with Gasteiger partial charge in [0.25, 0.3) is 0 Å². The third-order valence-corrected chi connectivity index (χ3v) is 8.93. The highest BCUT2D eigenvalue weighted by molar-refractivity contribution is 7.22. The van der Waals surface area contributed by atoms with Crippen LogP contribution in [0.15, 0.2) is 59.1 Å². The standard InChI is InChI=1S/C28H27F3N6OS2/c1-2-37-15-21(25(28(29,30)31)34-35-27-33-22-5-3-4-6-24(22)40-27)20-13-17(7-8-23(20)37)26-32-18(16-39-26)14-36-11-9-19(38)10-12-36/h3-8,13,15-16,19,38H,2,9-12,14H2,1H3,(H,33,35)/b34-25-. The van der Waals surface area contributed by atoms with E-state index in [1.807, 2.05) is 48.7 Å². The molecule has 0 aliphatic carbocycles. The molecule has 0 unspecified atom stereocenters. The van der Waals surface area contributed by atoms with Crippen molar-refractivity contribution in [3.05, 3.63) is 65.3 Å². The molecule has 6 rings (SSSR count). The highest BCUT2D eigenvalue weighted by atomic mass is 32.1. The summed E-state index contributed by atoms with van der Waals surface area (Å²) in [4.78, 5) is 11.4. The van der Waals surface area contributed by atoms with Crippen LogP contribution in [0, 0.1) is 0 Å². The van der Waals surface area contributed by atoms with Gasteiger partial charge in [-0.25, -0.2) is 9.97 Å². The topological polar surface area (TPSA) is 78.6 Å². The van der Waals surface area contributed by atoms with E-state index < -0.39 is 11.9 Å². The van der Waals surface area contributed by atoms with Crippen LogP contribution in [0.2, 0.25) is 0 Å². The zero-order chi connectivity index (χ0) is 27.9. The first-order valence-corrected chi connectivity index (χ1v) is 14.7. The number of aliphatic hydroxyl groups excluding tert-OH is 1. The van der Waals surface area contributed by atoms with Gasteiger partial charge in [0.05, 0.1) is 22.0 Å². The molecule has 0 bridgehead atoms. The van der Waals surface area contributed by atoms with E-state index >= 15 is 0 Å². The zero-order valence-corrected chi connectivity index (χ0v) is 23.3. The van der Waals surface area contributed by atoms with Gasteiger partial charge in [-0.1, -0.05) is 23.5 Å². The van der Waals surface area contributed by atoms with Gasteiger partial charge in [-0.2, -0.15) is 18.3 Å². The number of aromatic nitrogens is 3. The summed E-state index contributed by atoms with van der Waals surface area (Å²) in [6.45, 7) is 4.73. The van der Waals surface area contributed by atoms with Gasteiger partial charge in [-0.3, -0.25) is 10.3 Å². The van der Waals surface area contributed by atoms with E-state index in [2.05, 4.69) is 20.4 Å². The summed E-state index contributed by atoms with van der Waals surface area (Å²) in [5.41, 5.74) is 4.63. The summed E-state index contributed by atoms with van der Waals surface area (Å²) < 4.78 is 45.9. The van der Waals surface area contributed by atoms with E-state index in [-0.39, 0.29) is 11.7 Å². The van der Waals surface area contributed by atoms with Gasteiger partial charge in [0.1, 0.15) is 5.01 Å². The number of para-hydroxylation sites is 1. The average molecular weight is 585 g/mol. The fourth-order valence-electron chi connectivity index (χ4n) is 5.00. The minimum Gasteiger partial charge on any atom is -0.393 e. The van der Waals surface area contributed by atoms with Gasteiger partial charge in [0, 0.05) is 59.8 Å². The maximum atomic E-state index is 14.4. The second-order valence-electron chi connectivity index (χ2n) is 9.77. The molecule has 1 aliphatic rings. The number of piperidine rings is 1. The second kappa shape index (κ2) is 10.9. The number of nitrogens with one attached hydrogen (secondary N) is 1. The van der Waals surface area contributed by atoms with Crippen LogP contribution in [0.25, 0.3) is 31.7 Å². The molecule has 0 atom stereocenters. The number of hydrazone groups is 1. The highest BCUT2D eigenvalue weighted by Crippen LogP contribution is 2.34. The first-order valence-electron chi connectivity index (χ1n) is 13.0. The van der Waals surface area contributed by atoms with E-state index in [1.54, 1.807) is 10.6 Å². The number of thiazole rings is 2. The van der Waals surface area contributed by atoms with Crippen LogP contribution in [-0.4, -0.2) is 55.6 Å². The third kappa shape index (κ3) is 5.49. The number of nitrogens with zero attached hydrogens (tertiary/aromatic N) is 5. The van der Waals surface area contributed by atoms with Crippen molar-refractivity contribution in [1.29, 1.82) is 0 Å². The number of hydrogen-bond acceptors (Lipinski definition) is 8. The minimum absolute atomic E-state index is 0.00321. The Balaban J connectivity index is 1.34. The van der Waals surface area contributed by atoms with Gasteiger partial charge >= 0.3 is 6.18 Å². The second-order valence-corrected chi connectivity index (χ2v) is 11.7. The molecule has 5 aromatic rings. The summed E-state index contributed by atoms with van der Waals surface area (Å²) in [7, 11) is 0. The predicted octanol–water partition coefficient (Wildman–Crippen LogP) is 6.73. The number of anilines is 1. The Morgan fingerprint density at radius 3 is 2.70 bits per heavy atom. The van der Waals surface area contributed by atoms with Crippen molar-refractivity contribution in [2.45, 2.75) is 45.1 Å². The van der Waals surface area contributed by atoms with Crippen molar-refractivity contribution in [2.24, 2.45) is 5.10 Å². The Morgan fingerprint density at radius 2 is 1.95 bits per heavy atom. The number of halogens is 3. The third-order valence-electron chi connectivity index (χ3n) is 7.04. The summed E-state index contributed by atoms with van der Waals surface area (Å²) in [6.07, 6.45) is -1.91. The molecule has 2 N–H and O–H groups in total. The summed E-state index contributed by atoms with van der Waals surface area (Å²) in [6, 6.07) is 12.9. The Hall–Kier alpha value is -3.32. The first kappa shape index (κ1) is 26.9.